The maximum Gasteiger partial charge on any atom is 0.419 e. The highest BCUT2D eigenvalue weighted by Crippen LogP contribution is 2.38. The fraction of sp³-hybridized carbons (Fsp3) is 0.286. The Hall–Kier alpha value is -1.83. The van der Waals surface area contributed by atoms with Crippen molar-refractivity contribution in [2.24, 2.45) is 0 Å². The van der Waals surface area contributed by atoms with Crippen molar-refractivity contribution in [2.45, 2.75) is 26.9 Å². The Morgan fingerprint density at radius 2 is 1.82 bits per heavy atom. The van der Waals surface area contributed by atoms with Crippen LogP contribution in [0.2, 0.25) is 0 Å². The van der Waals surface area contributed by atoms with Crippen LogP contribution in [0, 0.1) is 13.8 Å². The standard InChI is InChI=1S/C14H12BrF3N2O2/c1-7-4-5-8(2)20(7)11-6-10(14(16,17)18)12(15)19-13(11)22-9(3)21/h4-6H,1-3H3. The predicted octanol–water partition coefficient (Wildman–Crippen LogP) is 4.20. The second kappa shape index (κ2) is 5.75. The molecule has 0 aliphatic heterocycles. The molecule has 0 radical (unpaired) electrons. The number of hydrogen-bond donors (Lipinski definition) is 0. The van der Waals surface area contributed by atoms with Crippen molar-refractivity contribution in [3.63, 3.8) is 0 Å². The van der Waals surface area contributed by atoms with Crippen LogP contribution in [0.3, 0.4) is 0 Å². The quantitative estimate of drug-likeness (QED) is 0.582. The molecule has 0 amide bonds. The molecule has 0 fully saturated rings. The number of carbonyl (C=O) groups excluding carboxylic acids is 1. The summed E-state index contributed by atoms with van der Waals surface area (Å²) in [6, 6.07) is 4.42. The molecule has 4 nitrogen and oxygen atoms in total. The fourth-order valence-electron chi connectivity index (χ4n) is 2.08. The number of aryl methyl sites for hydroxylation is 2. The van der Waals surface area contributed by atoms with Gasteiger partial charge in [-0.05, 0) is 48.0 Å². The molecule has 0 saturated heterocycles. The molecule has 0 saturated carbocycles. The van der Waals surface area contributed by atoms with Gasteiger partial charge < -0.3 is 9.30 Å². The number of halogens is 4. The van der Waals surface area contributed by atoms with Gasteiger partial charge in [0.25, 0.3) is 0 Å². The smallest absolute Gasteiger partial charge is 0.405 e. The molecule has 0 unspecified atom stereocenters. The highest BCUT2D eigenvalue weighted by atomic mass is 79.9. The van der Waals surface area contributed by atoms with Gasteiger partial charge in [0.2, 0.25) is 5.88 Å². The molecule has 2 heterocycles. The average Bonchev–Trinajstić information content (AvgIpc) is 2.68. The lowest BCUT2D eigenvalue weighted by Gasteiger charge is -2.17. The Morgan fingerprint density at radius 3 is 2.27 bits per heavy atom. The van der Waals surface area contributed by atoms with Gasteiger partial charge in [-0.1, -0.05) is 0 Å². The Balaban J connectivity index is 2.76. The summed E-state index contributed by atoms with van der Waals surface area (Å²) in [5, 5.41) is 0. The molecule has 0 atom stereocenters. The molecule has 22 heavy (non-hydrogen) atoms. The normalized spacial score (nSPS) is 11.6. The van der Waals surface area contributed by atoms with E-state index in [-0.39, 0.29) is 11.6 Å². The minimum atomic E-state index is -4.58. The number of carbonyl (C=O) groups is 1. The van der Waals surface area contributed by atoms with Crippen LogP contribution < -0.4 is 4.74 Å². The van der Waals surface area contributed by atoms with Crippen LogP contribution in [0.1, 0.15) is 23.9 Å². The van der Waals surface area contributed by atoms with Crippen LogP contribution >= 0.6 is 15.9 Å². The molecule has 0 N–H and O–H groups in total. The molecule has 0 aliphatic carbocycles. The fourth-order valence-corrected chi connectivity index (χ4v) is 2.58. The Kier molecular flexibility index (Phi) is 4.32. The molecule has 2 aromatic rings. The SMILES string of the molecule is CC(=O)Oc1nc(Br)c(C(F)(F)F)cc1-n1c(C)ccc1C. The number of pyridine rings is 1. The van der Waals surface area contributed by atoms with E-state index in [1.165, 1.54) is 0 Å². The topological polar surface area (TPSA) is 44.1 Å². The number of aromatic nitrogens is 2. The monoisotopic (exact) mass is 376 g/mol. The van der Waals surface area contributed by atoms with E-state index in [2.05, 4.69) is 20.9 Å². The molecule has 118 valence electrons. The highest BCUT2D eigenvalue weighted by molar-refractivity contribution is 9.10. The minimum absolute atomic E-state index is 0.0609. The summed E-state index contributed by atoms with van der Waals surface area (Å²) in [6.45, 7) is 4.63. The molecule has 0 aliphatic rings. The molecular formula is C14H12BrF3N2O2. The van der Waals surface area contributed by atoms with Gasteiger partial charge >= 0.3 is 12.1 Å². The van der Waals surface area contributed by atoms with Gasteiger partial charge in [-0.3, -0.25) is 4.79 Å². The first-order valence-corrected chi connectivity index (χ1v) is 7.02. The summed E-state index contributed by atoms with van der Waals surface area (Å²) < 4.78 is 45.3. The first-order valence-electron chi connectivity index (χ1n) is 6.22. The summed E-state index contributed by atoms with van der Waals surface area (Å²) in [5.41, 5.74) is 0.517. The molecule has 8 heteroatoms. The maximum absolute atomic E-state index is 13.1. The lowest BCUT2D eigenvalue weighted by molar-refractivity contribution is -0.138. The zero-order valence-electron chi connectivity index (χ0n) is 12.0. The summed E-state index contributed by atoms with van der Waals surface area (Å²) in [5.74, 6) is -0.849. The van der Waals surface area contributed by atoms with Crippen LogP contribution in [0.4, 0.5) is 13.2 Å². The van der Waals surface area contributed by atoms with Crippen molar-refractivity contribution in [3.05, 3.63) is 39.8 Å². The summed E-state index contributed by atoms with van der Waals surface area (Å²) >= 11 is 2.78. The number of nitrogens with zero attached hydrogens (tertiary/aromatic N) is 2. The lowest BCUT2D eigenvalue weighted by Crippen LogP contribution is -2.14. The average molecular weight is 377 g/mol. The maximum atomic E-state index is 13.1. The van der Waals surface area contributed by atoms with Gasteiger partial charge in [0.1, 0.15) is 10.3 Å². The minimum Gasteiger partial charge on any atom is -0.405 e. The molecule has 0 bridgehead atoms. The second-order valence-electron chi connectivity index (χ2n) is 4.69. The summed E-state index contributed by atoms with van der Waals surface area (Å²) in [4.78, 5) is 14.9. The molecule has 2 aromatic heterocycles. The van der Waals surface area contributed by atoms with Gasteiger partial charge in [0.05, 0.1) is 5.56 Å². The van der Waals surface area contributed by atoms with Gasteiger partial charge in [-0.25, -0.2) is 4.98 Å². The van der Waals surface area contributed by atoms with E-state index < -0.39 is 22.3 Å². The van der Waals surface area contributed by atoms with E-state index in [0.717, 1.165) is 13.0 Å². The van der Waals surface area contributed by atoms with Crippen LogP contribution in [0.15, 0.2) is 22.8 Å². The van der Waals surface area contributed by atoms with Crippen molar-refractivity contribution < 1.29 is 22.7 Å². The number of esters is 1. The van der Waals surface area contributed by atoms with Crippen molar-refractivity contribution in [3.8, 4) is 11.6 Å². The first-order chi connectivity index (χ1) is 10.1. The third-order valence-corrected chi connectivity index (χ3v) is 3.58. The van der Waals surface area contributed by atoms with Crippen LogP contribution in [-0.2, 0) is 11.0 Å². The van der Waals surface area contributed by atoms with Crippen molar-refractivity contribution in [1.82, 2.24) is 9.55 Å². The van der Waals surface area contributed by atoms with Gasteiger partial charge in [-0.2, -0.15) is 13.2 Å². The summed E-state index contributed by atoms with van der Waals surface area (Å²) in [7, 11) is 0. The van der Waals surface area contributed by atoms with Crippen molar-refractivity contribution in [1.29, 1.82) is 0 Å². The lowest BCUT2D eigenvalue weighted by atomic mass is 10.2. The number of alkyl halides is 3. The Morgan fingerprint density at radius 1 is 1.27 bits per heavy atom. The van der Waals surface area contributed by atoms with E-state index in [1.54, 1.807) is 30.5 Å². The van der Waals surface area contributed by atoms with Crippen molar-refractivity contribution >= 4 is 21.9 Å². The van der Waals surface area contributed by atoms with Gasteiger partial charge in [-0.15, -0.1) is 0 Å². The third-order valence-electron chi connectivity index (χ3n) is 2.98. The molecule has 0 spiro atoms. The number of rotatable bonds is 2. The Bertz CT molecular complexity index is 719. The largest absolute Gasteiger partial charge is 0.419 e. The van der Waals surface area contributed by atoms with E-state index >= 15 is 0 Å². The molecular weight excluding hydrogens is 365 g/mol. The number of hydrogen-bond acceptors (Lipinski definition) is 3. The van der Waals surface area contributed by atoms with Crippen LogP contribution in [0.5, 0.6) is 5.88 Å². The van der Waals surface area contributed by atoms with E-state index in [1.807, 2.05) is 0 Å². The third kappa shape index (κ3) is 3.16. The predicted molar refractivity (Wildman–Crippen MR) is 77.0 cm³/mol. The zero-order valence-corrected chi connectivity index (χ0v) is 13.5. The van der Waals surface area contributed by atoms with Crippen LogP contribution in [-0.4, -0.2) is 15.5 Å². The Labute approximate surface area is 133 Å². The molecule has 2 rings (SSSR count). The van der Waals surface area contributed by atoms with Gasteiger partial charge in [0.15, 0.2) is 0 Å². The van der Waals surface area contributed by atoms with E-state index in [9.17, 15) is 18.0 Å². The van der Waals surface area contributed by atoms with E-state index in [4.69, 9.17) is 4.74 Å². The highest BCUT2D eigenvalue weighted by Gasteiger charge is 2.35. The first kappa shape index (κ1) is 16.5. The van der Waals surface area contributed by atoms with Crippen molar-refractivity contribution in [2.75, 3.05) is 0 Å². The van der Waals surface area contributed by atoms with Gasteiger partial charge in [0, 0.05) is 18.3 Å². The number of ether oxygens (including phenoxy) is 1. The second-order valence-corrected chi connectivity index (χ2v) is 5.45. The summed E-state index contributed by atoms with van der Waals surface area (Å²) in [6.07, 6.45) is -4.58. The van der Waals surface area contributed by atoms with E-state index in [0.29, 0.717) is 11.4 Å². The molecule has 0 aromatic carbocycles. The zero-order chi connectivity index (χ0) is 16.7. The van der Waals surface area contributed by atoms with Crippen LogP contribution in [0.25, 0.3) is 5.69 Å².